The molecule has 3 aromatic rings. The number of allylic oxidation sites excluding steroid dienone is 1. The summed E-state index contributed by atoms with van der Waals surface area (Å²) < 4.78 is 11.4. The zero-order valence-electron chi connectivity index (χ0n) is 15.6. The molecule has 0 radical (unpaired) electrons. The average molecular weight is 385 g/mol. The Kier molecular flexibility index (Phi) is 4.37. The van der Waals surface area contributed by atoms with Crippen LogP contribution in [0, 0.1) is 5.92 Å². The van der Waals surface area contributed by atoms with Crippen LogP contribution in [0.25, 0.3) is 11.0 Å². The van der Waals surface area contributed by atoms with E-state index in [4.69, 9.17) is 9.47 Å². The molecule has 0 bridgehead atoms. The van der Waals surface area contributed by atoms with Gasteiger partial charge in [0.25, 0.3) is 0 Å². The number of aromatic nitrogens is 2. The summed E-state index contributed by atoms with van der Waals surface area (Å²) in [6.45, 7) is 1.32. The number of nitrogens with one attached hydrogen (secondary N) is 2. The van der Waals surface area contributed by atoms with E-state index in [2.05, 4.69) is 27.4 Å². The van der Waals surface area contributed by atoms with Gasteiger partial charge in [-0.05, 0) is 42.5 Å². The molecule has 5 rings (SSSR count). The highest BCUT2D eigenvalue weighted by molar-refractivity contribution is 6.08. The third-order valence-electron chi connectivity index (χ3n) is 4.96. The molecule has 2 aliphatic heterocycles. The van der Waals surface area contributed by atoms with Crippen LogP contribution >= 0.6 is 0 Å². The number of fused-ring (bicyclic) bond motifs is 1. The first-order valence-corrected chi connectivity index (χ1v) is 9.48. The lowest BCUT2D eigenvalue weighted by atomic mass is 9.99. The van der Waals surface area contributed by atoms with E-state index in [-0.39, 0.29) is 11.7 Å². The Bertz CT molecular complexity index is 1120. The molecule has 0 amide bonds. The van der Waals surface area contributed by atoms with Gasteiger partial charge >= 0.3 is 0 Å². The molecule has 0 saturated carbocycles. The highest BCUT2D eigenvalue weighted by atomic mass is 16.5. The number of ether oxygens (including phenoxy) is 2. The van der Waals surface area contributed by atoms with Gasteiger partial charge in [0, 0.05) is 23.6 Å². The van der Waals surface area contributed by atoms with Crippen LogP contribution in [0.15, 0.2) is 84.5 Å². The van der Waals surface area contributed by atoms with Gasteiger partial charge in [-0.15, -0.1) is 0 Å². The first-order chi connectivity index (χ1) is 14.3. The number of rotatable bonds is 5. The predicted molar refractivity (Wildman–Crippen MR) is 109 cm³/mol. The Labute approximate surface area is 167 Å². The lowest BCUT2D eigenvalue weighted by molar-refractivity contribution is 0.103. The summed E-state index contributed by atoms with van der Waals surface area (Å²) in [5, 5.41) is 3.27. The third-order valence-corrected chi connectivity index (χ3v) is 4.96. The highest BCUT2D eigenvalue weighted by Gasteiger charge is 2.21. The maximum Gasteiger partial charge on any atom is 0.228 e. The minimum absolute atomic E-state index is 0.153. The van der Waals surface area contributed by atoms with Crippen LogP contribution in [-0.4, -0.2) is 28.9 Å². The van der Waals surface area contributed by atoms with Crippen LogP contribution in [-0.2, 0) is 4.74 Å². The number of ketones is 1. The quantitative estimate of drug-likeness (QED) is 0.655. The lowest BCUT2D eigenvalue weighted by Crippen LogP contribution is -2.25. The monoisotopic (exact) mass is 385 g/mol. The Balaban J connectivity index is 1.36. The van der Waals surface area contributed by atoms with E-state index < -0.39 is 0 Å². The molecule has 1 aromatic heterocycles. The Hall–Kier alpha value is -3.80. The molecule has 0 spiro atoms. The van der Waals surface area contributed by atoms with Gasteiger partial charge < -0.3 is 19.8 Å². The number of benzene rings is 2. The molecule has 1 atom stereocenters. The van der Waals surface area contributed by atoms with E-state index in [0.717, 1.165) is 16.6 Å². The maximum atomic E-state index is 12.8. The second kappa shape index (κ2) is 7.31. The van der Waals surface area contributed by atoms with Gasteiger partial charge in [-0.1, -0.05) is 24.3 Å². The Morgan fingerprint density at radius 3 is 2.79 bits per heavy atom. The van der Waals surface area contributed by atoms with Crippen LogP contribution in [0.5, 0.6) is 5.75 Å². The van der Waals surface area contributed by atoms with Crippen LogP contribution in [0.1, 0.15) is 16.2 Å². The molecule has 0 aliphatic carbocycles. The summed E-state index contributed by atoms with van der Waals surface area (Å²) in [7, 11) is 0. The van der Waals surface area contributed by atoms with E-state index in [1.165, 1.54) is 0 Å². The summed E-state index contributed by atoms with van der Waals surface area (Å²) in [6, 6.07) is 14.7. The van der Waals surface area contributed by atoms with Gasteiger partial charge in [0.1, 0.15) is 5.75 Å². The number of H-pyrrole nitrogens is 1. The number of carbonyl (C=O) groups excluding carboxylic acids is 1. The van der Waals surface area contributed by atoms with Crippen LogP contribution in [0.3, 0.4) is 0 Å². The smallest absolute Gasteiger partial charge is 0.228 e. The number of aromatic amines is 1. The van der Waals surface area contributed by atoms with E-state index in [1.54, 1.807) is 30.5 Å². The number of hydrogen-bond donors (Lipinski definition) is 2. The summed E-state index contributed by atoms with van der Waals surface area (Å²) >= 11 is 0. The zero-order valence-corrected chi connectivity index (χ0v) is 15.6. The van der Waals surface area contributed by atoms with Crippen LogP contribution < -0.4 is 10.1 Å². The van der Waals surface area contributed by atoms with Crippen LogP contribution in [0.2, 0.25) is 0 Å². The second-order valence-electron chi connectivity index (χ2n) is 6.89. The summed E-state index contributed by atoms with van der Waals surface area (Å²) in [4.78, 5) is 20.2. The molecular weight excluding hydrogens is 366 g/mol. The molecule has 0 fully saturated rings. The summed E-state index contributed by atoms with van der Waals surface area (Å²) in [5.41, 5.74) is 3.22. The maximum absolute atomic E-state index is 12.8. The van der Waals surface area contributed by atoms with Gasteiger partial charge in [0.15, 0.2) is 11.7 Å². The number of nitrogens with zero attached hydrogens (tertiary/aromatic N) is 1. The molecule has 144 valence electrons. The average Bonchev–Trinajstić information content (AvgIpc) is 3.44. The van der Waals surface area contributed by atoms with Gasteiger partial charge in [-0.3, -0.25) is 4.79 Å². The molecule has 2 aromatic carbocycles. The number of para-hydroxylation sites is 2. The SMILES string of the molecule is O=C(c1ccc(OC2=C(C3C=COC3)C=CCN2)cc1)c1nc2ccccc2[nH]1. The van der Waals surface area contributed by atoms with E-state index in [9.17, 15) is 4.79 Å². The number of carbonyl (C=O) groups is 1. The topological polar surface area (TPSA) is 76.2 Å². The first-order valence-electron chi connectivity index (χ1n) is 9.48. The van der Waals surface area contributed by atoms with Crippen molar-refractivity contribution in [3.63, 3.8) is 0 Å². The highest BCUT2D eigenvalue weighted by Crippen LogP contribution is 2.26. The van der Waals surface area contributed by atoms with Crippen molar-refractivity contribution < 1.29 is 14.3 Å². The molecule has 6 heteroatoms. The van der Waals surface area contributed by atoms with Crippen LogP contribution in [0.4, 0.5) is 0 Å². The molecular formula is C23H19N3O3. The minimum Gasteiger partial charge on any atom is -0.501 e. The summed E-state index contributed by atoms with van der Waals surface area (Å²) in [6.07, 6.45) is 7.86. The van der Waals surface area contributed by atoms with Crippen molar-refractivity contribution >= 4 is 16.8 Å². The van der Waals surface area contributed by atoms with Crippen molar-refractivity contribution in [3.8, 4) is 5.75 Å². The van der Waals surface area contributed by atoms with Gasteiger partial charge in [-0.2, -0.15) is 0 Å². The largest absolute Gasteiger partial charge is 0.501 e. The predicted octanol–water partition coefficient (Wildman–Crippen LogP) is 3.70. The molecule has 3 heterocycles. The molecule has 0 saturated heterocycles. The van der Waals surface area contributed by atoms with Gasteiger partial charge in [0.05, 0.1) is 23.9 Å². The van der Waals surface area contributed by atoms with Crippen molar-refractivity contribution in [2.75, 3.05) is 13.2 Å². The van der Waals surface area contributed by atoms with Crippen molar-refractivity contribution in [3.05, 3.63) is 95.9 Å². The third kappa shape index (κ3) is 3.40. The second-order valence-corrected chi connectivity index (χ2v) is 6.89. The number of imidazole rings is 1. The fourth-order valence-corrected chi connectivity index (χ4v) is 3.45. The Morgan fingerprint density at radius 2 is 2.00 bits per heavy atom. The summed E-state index contributed by atoms with van der Waals surface area (Å²) in [5.74, 6) is 1.72. The minimum atomic E-state index is -0.153. The van der Waals surface area contributed by atoms with Gasteiger partial charge in [-0.25, -0.2) is 4.98 Å². The van der Waals surface area contributed by atoms with Crippen molar-refractivity contribution in [1.82, 2.24) is 15.3 Å². The molecule has 6 nitrogen and oxygen atoms in total. The standard InChI is InChI=1S/C23H19N3O3/c27-21(22-25-19-5-1-2-6-20(19)26-22)15-7-9-17(10-8-15)29-23-18(4-3-12-24-23)16-11-13-28-14-16/h1-11,13,16,24H,12,14H2,(H,25,26). The number of hydrogen-bond acceptors (Lipinski definition) is 5. The van der Waals surface area contributed by atoms with Gasteiger partial charge in [0.2, 0.25) is 5.78 Å². The van der Waals surface area contributed by atoms with E-state index in [1.807, 2.05) is 30.3 Å². The molecule has 1 unspecified atom stereocenters. The first kappa shape index (κ1) is 17.3. The van der Waals surface area contributed by atoms with Crippen molar-refractivity contribution in [2.45, 2.75) is 0 Å². The lowest BCUT2D eigenvalue weighted by Gasteiger charge is -2.21. The number of dihydropyridines is 1. The van der Waals surface area contributed by atoms with E-state index in [0.29, 0.717) is 36.2 Å². The zero-order chi connectivity index (χ0) is 19.6. The molecule has 2 aliphatic rings. The normalized spacial score (nSPS) is 18.0. The van der Waals surface area contributed by atoms with Crippen molar-refractivity contribution in [1.29, 1.82) is 0 Å². The van der Waals surface area contributed by atoms with E-state index >= 15 is 0 Å². The fourth-order valence-electron chi connectivity index (χ4n) is 3.45. The molecule has 2 N–H and O–H groups in total. The van der Waals surface area contributed by atoms with Crippen molar-refractivity contribution in [2.24, 2.45) is 5.92 Å². The fraction of sp³-hybridized carbons (Fsp3) is 0.130. The molecule has 29 heavy (non-hydrogen) atoms. The Morgan fingerprint density at radius 1 is 1.14 bits per heavy atom.